The van der Waals surface area contributed by atoms with Gasteiger partial charge in [0.2, 0.25) is 0 Å². The van der Waals surface area contributed by atoms with Crippen LogP contribution in [-0.4, -0.2) is 86.3 Å². The van der Waals surface area contributed by atoms with Crippen molar-refractivity contribution in [3.05, 3.63) is 0 Å². The van der Waals surface area contributed by atoms with Crippen LogP contribution in [0.25, 0.3) is 0 Å². The lowest BCUT2D eigenvalue weighted by Crippen LogP contribution is -2.62. The van der Waals surface area contributed by atoms with Gasteiger partial charge in [-0.15, -0.1) is 0 Å². The van der Waals surface area contributed by atoms with Gasteiger partial charge in [0.15, 0.2) is 6.29 Å². The van der Waals surface area contributed by atoms with Crippen LogP contribution in [0.1, 0.15) is 47.0 Å². The molecule has 5 N–H and O–H groups in total. The fraction of sp³-hybridized carbons (Fsp3) is 1.00. The van der Waals surface area contributed by atoms with Crippen LogP contribution in [0.4, 0.5) is 0 Å². The molecule has 2 aliphatic carbocycles. The van der Waals surface area contributed by atoms with Gasteiger partial charge in [-0.3, -0.25) is 0 Å². The van der Waals surface area contributed by atoms with Crippen molar-refractivity contribution in [2.24, 2.45) is 23.7 Å². The fourth-order valence-corrected chi connectivity index (χ4v) is 6.72. The number of fused-ring (bicyclic) bond motifs is 2. The minimum atomic E-state index is -1.46. The Morgan fingerprint density at radius 1 is 1.00 bits per heavy atom. The van der Waals surface area contributed by atoms with E-state index in [2.05, 4.69) is 6.92 Å². The van der Waals surface area contributed by atoms with Gasteiger partial charge < -0.3 is 39.7 Å². The van der Waals surface area contributed by atoms with Crippen molar-refractivity contribution in [3.8, 4) is 0 Å². The highest BCUT2D eigenvalue weighted by Gasteiger charge is 2.63. The third kappa shape index (κ3) is 3.46. The Morgan fingerprint density at radius 3 is 2.34 bits per heavy atom. The first-order valence-electron chi connectivity index (χ1n) is 10.8. The zero-order valence-corrected chi connectivity index (χ0v) is 17.6. The Hall–Kier alpha value is -0.320. The van der Waals surface area contributed by atoms with Crippen molar-refractivity contribution < 1.29 is 39.7 Å². The normalized spacial score (nSPS) is 56.8. The molecule has 0 aromatic rings. The average Bonchev–Trinajstić information content (AvgIpc) is 2.78. The first-order valence-corrected chi connectivity index (χ1v) is 10.8. The van der Waals surface area contributed by atoms with Crippen molar-refractivity contribution in [2.75, 3.05) is 6.61 Å². The topological polar surface area (TPSA) is 129 Å². The third-order valence-electron chi connectivity index (χ3n) is 8.05. The highest BCUT2D eigenvalue weighted by molar-refractivity contribution is 5.11. The summed E-state index contributed by atoms with van der Waals surface area (Å²) in [6, 6.07) is 0. The minimum Gasteiger partial charge on any atom is -0.394 e. The van der Waals surface area contributed by atoms with Crippen LogP contribution in [0, 0.1) is 23.7 Å². The van der Waals surface area contributed by atoms with Gasteiger partial charge in [0.25, 0.3) is 0 Å². The Balaban J connectivity index is 1.61. The van der Waals surface area contributed by atoms with E-state index in [-0.39, 0.29) is 17.9 Å². The van der Waals surface area contributed by atoms with E-state index >= 15 is 0 Å². The molecule has 3 saturated heterocycles. The molecule has 5 aliphatic rings. The number of aliphatic hydroxyl groups excluding tert-OH is 5. The molecule has 5 fully saturated rings. The molecule has 0 amide bonds. The quantitative estimate of drug-likeness (QED) is 0.427. The lowest BCUT2D eigenvalue weighted by atomic mass is 9.76. The van der Waals surface area contributed by atoms with E-state index in [4.69, 9.17) is 14.2 Å². The van der Waals surface area contributed by atoms with Crippen LogP contribution in [0.3, 0.4) is 0 Å². The molecule has 5 rings (SSSR count). The lowest BCUT2D eigenvalue weighted by Gasteiger charge is -2.52. The molecular weight excluding hydrogens is 380 g/mol. The molecule has 0 radical (unpaired) electrons. The van der Waals surface area contributed by atoms with Crippen molar-refractivity contribution in [1.82, 2.24) is 0 Å². The van der Waals surface area contributed by atoms with Gasteiger partial charge in [-0.05, 0) is 45.4 Å². The summed E-state index contributed by atoms with van der Waals surface area (Å²) in [4.78, 5) is 0. The van der Waals surface area contributed by atoms with Gasteiger partial charge in [0.1, 0.15) is 24.4 Å². The van der Waals surface area contributed by atoms with Gasteiger partial charge in [-0.2, -0.15) is 0 Å². The Kier molecular flexibility index (Phi) is 5.57. The highest BCUT2D eigenvalue weighted by Crippen LogP contribution is 2.59. The number of rotatable bonds is 3. The molecule has 8 nitrogen and oxygen atoms in total. The first-order chi connectivity index (χ1) is 13.5. The van der Waals surface area contributed by atoms with Gasteiger partial charge in [0, 0.05) is 18.3 Å². The fourth-order valence-electron chi connectivity index (χ4n) is 6.72. The number of aliphatic hydroxyl groups is 5. The predicted molar refractivity (Wildman–Crippen MR) is 102 cm³/mol. The average molecular weight is 417 g/mol. The summed E-state index contributed by atoms with van der Waals surface area (Å²) in [6.07, 6.45) is -5.01. The maximum Gasteiger partial charge on any atom is 0.186 e. The van der Waals surface area contributed by atoms with Crippen LogP contribution in [0.2, 0.25) is 0 Å². The van der Waals surface area contributed by atoms with Crippen LogP contribution >= 0.6 is 0 Å². The molecule has 0 aromatic carbocycles. The number of ether oxygens (including phenoxy) is 3. The van der Waals surface area contributed by atoms with E-state index in [1.807, 2.05) is 20.8 Å². The van der Waals surface area contributed by atoms with E-state index in [0.717, 1.165) is 12.8 Å². The van der Waals surface area contributed by atoms with E-state index in [1.165, 1.54) is 0 Å². The minimum absolute atomic E-state index is 0.0187. The van der Waals surface area contributed by atoms with Crippen LogP contribution in [-0.2, 0) is 14.2 Å². The second-order valence-electron chi connectivity index (χ2n) is 10.4. The number of hydrogen-bond acceptors (Lipinski definition) is 8. The molecule has 168 valence electrons. The van der Waals surface area contributed by atoms with Crippen LogP contribution in [0.5, 0.6) is 0 Å². The Morgan fingerprint density at radius 2 is 1.69 bits per heavy atom. The molecule has 12 unspecified atom stereocenters. The summed E-state index contributed by atoms with van der Waals surface area (Å²) in [7, 11) is 0. The van der Waals surface area contributed by atoms with Gasteiger partial charge in [-0.1, -0.05) is 6.92 Å². The summed E-state index contributed by atoms with van der Waals surface area (Å²) < 4.78 is 18.4. The monoisotopic (exact) mass is 416 g/mol. The SMILES string of the molecule is CC1CC(O)C2C1CC1C(OC3OC(CO)C(O)C(O)C3O)CC2(C)OC1(C)C. The summed E-state index contributed by atoms with van der Waals surface area (Å²) >= 11 is 0. The van der Waals surface area contributed by atoms with E-state index in [9.17, 15) is 25.5 Å². The van der Waals surface area contributed by atoms with E-state index in [1.54, 1.807) is 0 Å². The van der Waals surface area contributed by atoms with E-state index < -0.39 is 54.6 Å². The Bertz CT molecular complexity index is 611. The second kappa shape index (κ2) is 7.38. The van der Waals surface area contributed by atoms with Crippen molar-refractivity contribution >= 4 is 0 Å². The van der Waals surface area contributed by atoms with Crippen molar-refractivity contribution in [2.45, 2.75) is 101 Å². The molecular formula is C21H36O8. The van der Waals surface area contributed by atoms with Crippen molar-refractivity contribution in [3.63, 3.8) is 0 Å². The van der Waals surface area contributed by atoms with Crippen molar-refractivity contribution in [1.29, 1.82) is 0 Å². The zero-order chi connectivity index (χ0) is 21.3. The summed E-state index contributed by atoms with van der Waals surface area (Å²) in [5, 5.41) is 50.8. The van der Waals surface area contributed by atoms with Crippen LogP contribution in [0.15, 0.2) is 0 Å². The Labute approximate surface area is 171 Å². The van der Waals surface area contributed by atoms with E-state index in [0.29, 0.717) is 18.3 Å². The summed E-state index contributed by atoms with van der Waals surface area (Å²) in [6.45, 7) is 7.81. The summed E-state index contributed by atoms with van der Waals surface area (Å²) in [5.41, 5.74) is -1.07. The molecule has 0 spiro atoms. The molecule has 12 atom stereocenters. The second-order valence-corrected chi connectivity index (χ2v) is 10.4. The molecule has 0 aromatic heterocycles. The zero-order valence-electron chi connectivity index (χ0n) is 17.6. The highest BCUT2D eigenvalue weighted by atomic mass is 16.7. The first kappa shape index (κ1) is 21.9. The smallest absolute Gasteiger partial charge is 0.186 e. The predicted octanol–water partition coefficient (Wildman–Crippen LogP) is -0.218. The molecule has 2 bridgehead atoms. The molecule has 29 heavy (non-hydrogen) atoms. The third-order valence-corrected chi connectivity index (χ3v) is 8.05. The molecule has 3 heterocycles. The largest absolute Gasteiger partial charge is 0.394 e. The van der Waals surface area contributed by atoms with Crippen LogP contribution < -0.4 is 0 Å². The number of hydrogen-bond donors (Lipinski definition) is 5. The molecule has 2 saturated carbocycles. The maximum absolute atomic E-state index is 10.8. The lowest BCUT2D eigenvalue weighted by molar-refractivity contribution is -0.335. The molecule has 3 aliphatic heterocycles. The van der Waals surface area contributed by atoms with Gasteiger partial charge in [-0.25, -0.2) is 0 Å². The maximum atomic E-state index is 10.8. The van der Waals surface area contributed by atoms with Gasteiger partial charge in [0.05, 0.1) is 30.0 Å². The standard InChI is InChI=1S/C21H36O8/c1-9-5-12(23)15-10(9)6-11-13(7-21(15,4)29-20(11,2)3)27-19-18(26)17(25)16(24)14(8-22)28-19/h9-19,22-26H,5-8H2,1-4H3. The molecule has 8 heteroatoms. The van der Waals surface area contributed by atoms with Gasteiger partial charge >= 0.3 is 0 Å². The summed E-state index contributed by atoms with van der Waals surface area (Å²) in [5.74, 6) is 0.751.